The van der Waals surface area contributed by atoms with Gasteiger partial charge in [0.1, 0.15) is 5.01 Å². The molecule has 0 atom stereocenters. The third kappa shape index (κ3) is 2.67. The summed E-state index contributed by atoms with van der Waals surface area (Å²) in [6.07, 6.45) is 0. The molecule has 7 nitrogen and oxygen atoms in total. The normalized spacial score (nSPS) is 9.83. The van der Waals surface area contributed by atoms with Gasteiger partial charge in [-0.1, -0.05) is 41.7 Å². The number of nitrogens with zero attached hydrogens (tertiary/aromatic N) is 2. The quantitative estimate of drug-likeness (QED) is 0.419. The summed E-state index contributed by atoms with van der Waals surface area (Å²) in [5, 5.41) is 18.9. The number of nitrogens with one attached hydrogen (secondary N) is 2. The van der Waals surface area contributed by atoms with Crippen molar-refractivity contribution < 1.29 is 14.8 Å². The van der Waals surface area contributed by atoms with Crippen molar-refractivity contribution in [1.82, 2.24) is 15.7 Å². The fraction of sp³-hybridized carbons (Fsp3) is 0. The van der Waals surface area contributed by atoms with Crippen LogP contribution < -0.4 is 10.8 Å². The number of hydroxylamine groups is 1. The highest BCUT2D eigenvalue weighted by atomic mass is 32.1. The minimum atomic E-state index is -1.16. The van der Waals surface area contributed by atoms with E-state index in [1.807, 2.05) is 30.3 Å². The molecule has 1 aromatic heterocycles. The number of carbonyl (C=O) groups excluding carboxylic acids is 2. The molecule has 0 aliphatic carbocycles. The van der Waals surface area contributed by atoms with Gasteiger partial charge in [0.05, 0.1) is 0 Å². The fourth-order valence-electron chi connectivity index (χ4n) is 1.18. The predicted octanol–water partition coefficient (Wildman–Crippen LogP) is 0.649. The number of benzene rings is 1. The van der Waals surface area contributed by atoms with Gasteiger partial charge in [-0.2, -0.15) is 0 Å². The molecular formula is C10H8N4O3S. The van der Waals surface area contributed by atoms with Crippen molar-refractivity contribution in [2.24, 2.45) is 0 Å². The van der Waals surface area contributed by atoms with Crippen LogP contribution in [0.3, 0.4) is 0 Å². The standard InChI is InChI=1S/C10H8N4O3S/c15-7(8(16)14-17)11-10-13-12-9(18-10)6-4-2-1-3-5-6/h1-5,17H,(H,14,16)(H,11,13,15). The molecule has 0 bridgehead atoms. The number of amides is 2. The first-order valence-corrected chi connectivity index (χ1v) is 5.66. The summed E-state index contributed by atoms with van der Waals surface area (Å²) in [6, 6.07) is 9.29. The van der Waals surface area contributed by atoms with Crippen LogP contribution in [0.1, 0.15) is 0 Å². The second-order valence-electron chi connectivity index (χ2n) is 3.17. The van der Waals surface area contributed by atoms with Gasteiger partial charge in [0.2, 0.25) is 5.13 Å². The molecule has 0 radical (unpaired) electrons. The molecule has 8 heteroatoms. The van der Waals surface area contributed by atoms with Gasteiger partial charge >= 0.3 is 11.8 Å². The van der Waals surface area contributed by atoms with Crippen molar-refractivity contribution in [2.75, 3.05) is 5.32 Å². The molecule has 0 saturated carbocycles. The molecule has 2 aromatic rings. The van der Waals surface area contributed by atoms with Crippen LogP contribution in [0.4, 0.5) is 5.13 Å². The number of carbonyl (C=O) groups is 2. The van der Waals surface area contributed by atoms with Crippen LogP contribution in [0, 0.1) is 0 Å². The molecule has 0 unspecified atom stereocenters. The van der Waals surface area contributed by atoms with Crippen molar-refractivity contribution in [3.63, 3.8) is 0 Å². The summed E-state index contributed by atoms with van der Waals surface area (Å²) in [5.41, 5.74) is 2.09. The first-order valence-electron chi connectivity index (χ1n) is 4.85. The lowest BCUT2D eigenvalue weighted by Gasteiger charge is -1.96. The molecule has 2 amide bonds. The van der Waals surface area contributed by atoms with Crippen LogP contribution in [-0.2, 0) is 9.59 Å². The van der Waals surface area contributed by atoms with E-state index in [0.717, 1.165) is 16.9 Å². The molecule has 18 heavy (non-hydrogen) atoms. The number of anilines is 1. The fourth-order valence-corrected chi connectivity index (χ4v) is 1.92. The maximum atomic E-state index is 11.1. The van der Waals surface area contributed by atoms with E-state index >= 15 is 0 Å². The second-order valence-corrected chi connectivity index (χ2v) is 4.15. The first kappa shape index (κ1) is 12.1. The van der Waals surface area contributed by atoms with Crippen molar-refractivity contribution in [1.29, 1.82) is 0 Å². The second kappa shape index (κ2) is 5.34. The third-order valence-electron chi connectivity index (χ3n) is 1.97. The zero-order valence-electron chi connectivity index (χ0n) is 8.95. The summed E-state index contributed by atoms with van der Waals surface area (Å²) < 4.78 is 0. The van der Waals surface area contributed by atoms with E-state index in [-0.39, 0.29) is 5.13 Å². The van der Waals surface area contributed by atoms with Crippen LogP contribution in [0.25, 0.3) is 10.6 Å². The highest BCUT2D eigenvalue weighted by molar-refractivity contribution is 7.18. The summed E-state index contributed by atoms with van der Waals surface area (Å²) in [4.78, 5) is 21.9. The van der Waals surface area contributed by atoms with Crippen molar-refractivity contribution in [3.8, 4) is 10.6 Å². The van der Waals surface area contributed by atoms with Gasteiger partial charge in [-0.3, -0.25) is 20.1 Å². The summed E-state index contributed by atoms with van der Waals surface area (Å²) >= 11 is 1.13. The van der Waals surface area contributed by atoms with Gasteiger partial charge in [0.25, 0.3) is 0 Å². The summed E-state index contributed by atoms with van der Waals surface area (Å²) in [6.45, 7) is 0. The van der Waals surface area contributed by atoms with Gasteiger partial charge in [-0.25, -0.2) is 5.48 Å². The Morgan fingerprint density at radius 1 is 1.11 bits per heavy atom. The largest absolute Gasteiger partial charge is 0.333 e. The van der Waals surface area contributed by atoms with Crippen LogP contribution in [0.15, 0.2) is 30.3 Å². The molecule has 0 fully saturated rings. The van der Waals surface area contributed by atoms with E-state index in [0.29, 0.717) is 5.01 Å². The Bertz CT molecular complexity index is 570. The lowest BCUT2D eigenvalue weighted by Crippen LogP contribution is -2.33. The molecule has 0 saturated heterocycles. The third-order valence-corrected chi connectivity index (χ3v) is 2.86. The minimum absolute atomic E-state index is 0.183. The maximum Gasteiger partial charge on any atom is 0.333 e. The molecule has 3 N–H and O–H groups in total. The van der Waals surface area contributed by atoms with Gasteiger partial charge in [0, 0.05) is 5.56 Å². The molecule has 2 rings (SSSR count). The van der Waals surface area contributed by atoms with Gasteiger partial charge in [0.15, 0.2) is 0 Å². The minimum Gasteiger partial charge on any atom is -0.292 e. The predicted molar refractivity (Wildman–Crippen MR) is 63.9 cm³/mol. The lowest BCUT2D eigenvalue weighted by molar-refractivity contribution is -0.141. The van der Waals surface area contributed by atoms with Crippen molar-refractivity contribution in [3.05, 3.63) is 30.3 Å². The zero-order valence-corrected chi connectivity index (χ0v) is 9.77. The molecule has 1 aromatic carbocycles. The molecule has 0 aliphatic heterocycles. The Hall–Kier alpha value is -2.32. The Kier molecular flexibility index (Phi) is 3.60. The average Bonchev–Trinajstić information content (AvgIpc) is 2.87. The average molecular weight is 264 g/mol. The number of hydrogen-bond acceptors (Lipinski definition) is 6. The Morgan fingerprint density at radius 3 is 2.50 bits per heavy atom. The smallest absolute Gasteiger partial charge is 0.292 e. The van der Waals surface area contributed by atoms with Crippen LogP contribution >= 0.6 is 11.3 Å². The first-order chi connectivity index (χ1) is 8.70. The number of rotatable bonds is 2. The summed E-state index contributed by atoms with van der Waals surface area (Å²) in [7, 11) is 0. The topological polar surface area (TPSA) is 104 Å². The molecule has 1 heterocycles. The van der Waals surface area contributed by atoms with E-state index in [1.54, 1.807) is 0 Å². The van der Waals surface area contributed by atoms with Crippen LogP contribution in [0.5, 0.6) is 0 Å². The van der Waals surface area contributed by atoms with Crippen molar-refractivity contribution >= 4 is 28.3 Å². The molecule has 0 spiro atoms. The van der Waals surface area contributed by atoms with E-state index in [9.17, 15) is 9.59 Å². The van der Waals surface area contributed by atoms with Gasteiger partial charge < -0.3 is 0 Å². The van der Waals surface area contributed by atoms with E-state index in [4.69, 9.17) is 5.21 Å². The van der Waals surface area contributed by atoms with Gasteiger partial charge in [-0.15, -0.1) is 10.2 Å². The van der Waals surface area contributed by atoms with Crippen LogP contribution in [-0.4, -0.2) is 27.2 Å². The van der Waals surface area contributed by atoms with E-state index in [2.05, 4.69) is 15.5 Å². The monoisotopic (exact) mass is 264 g/mol. The van der Waals surface area contributed by atoms with Crippen molar-refractivity contribution in [2.45, 2.75) is 0 Å². The molecule has 0 aliphatic rings. The SMILES string of the molecule is O=C(NO)C(=O)Nc1nnc(-c2ccccc2)s1. The zero-order chi connectivity index (χ0) is 13.0. The Balaban J connectivity index is 2.12. The number of aromatic nitrogens is 2. The van der Waals surface area contributed by atoms with Gasteiger partial charge in [-0.05, 0) is 0 Å². The summed E-state index contributed by atoms with van der Waals surface area (Å²) in [5.74, 6) is -2.17. The number of hydrogen-bond donors (Lipinski definition) is 3. The maximum absolute atomic E-state index is 11.1. The lowest BCUT2D eigenvalue weighted by atomic mass is 10.2. The van der Waals surface area contributed by atoms with E-state index in [1.165, 1.54) is 5.48 Å². The Morgan fingerprint density at radius 2 is 1.83 bits per heavy atom. The highest BCUT2D eigenvalue weighted by Crippen LogP contribution is 2.25. The molecule has 92 valence electrons. The van der Waals surface area contributed by atoms with E-state index < -0.39 is 11.8 Å². The Labute approximate surface area is 105 Å². The molecular weight excluding hydrogens is 256 g/mol. The highest BCUT2D eigenvalue weighted by Gasteiger charge is 2.15. The van der Waals surface area contributed by atoms with Crippen LogP contribution in [0.2, 0.25) is 0 Å².